The van der Waals surface area contributed by atoms with Gasteiger partial charge in [0, 0.05) is 43.8 Å². The van der Waals surface area contributed by atoms with E-state index < -0.39 is 0 Å². The number of benzene rings is 1. The van der Waals surface area contributed by atoms with E-state index in [1.807, 2.05) is 29.0 Å². The minimum atomic E-state index is 0.192. The van der Waals surface area contributed by atoms with Gasteiger partial charge in [-0.2, -0.15) is 0 Å². The Labute approximate surface area is 165 Å². The average Bonchev–Trinajstić information content (AvgIpc) is 3.15. The Kier molecular flexibility index (Phi) is 6.68. The maximum absolute atomic E-state index is 12.6. The van der Waals surface area contributed by atoms with Crippen molar-refractivity contribution in [1.29, 1.82) is 0 Å². The van der Waals surface area contributed by atoms with Gasteiger partial charge in [0.1, 0.15) is 5.75 Å². The molecule has 2 heterocycles. The van der Waals surface area contributed by atoms with Crippen LogP contribution in [0.4, 0.5) is 5.69 Å². The summed E-state index contributed by atoms with van der Waals surface area (Å²) in [7, 11) is 3.66. The SMILES string of the molecule is CCc1nc(CN(C)CC(=O)N2CCN(c3ccc(OC)cc3)CC2)cs1. The Morgan fingerprint density at radius 3 is 2.52 bits per heavy atom. The fourth-order valence-corrected chi connectivity index (χ4v) is 3.99. The number of likely N-dealkylation sites (N-methyl/N-ethyl adjacent to an activating group) is 1. The highest BCUT2D eigenvalue weighted by Gasteiger charge is 2.22. The molecule has 3 rings (SSSR count). The van der Waals surface area contributed by atoms with E-state index >= 15 is 0 Å². The van der Waals surface area contributed by atoms with Crippen LogP contribution in [0.15, 0.2) is 29.6 Å². The third kappa shape index (κ3) is 5.20. The first kappa shape index (κ1) is 19.6. The van der Waals surface area contributed by atoms with Crippen LogP contribution < -0.4 is 9.64 Å². The van der Waals surface area contributed by atoms with Gasteiger partial charge in [0.05, 0.1) is 24.4 Å². The first-order chi connectivity index (χ1) is 13.1. The number of piperazine rings is 1. The maximum atomic E-state index is 12.6. The molecule has 1 saturated heterocycles. The Bertz CT molecular complexity index is 739. The summed E-state index contributed by atoms with van der Waals surface area (Å²) >= 11 is 1.69. The molecular weight excluding hydrogens is 360 g/mol. The second kappa shape index (κ2) is 9.19. The van der Waals surface area contributed by atoms with Crippen LogP contribution in [0.2, 0.25) is 0 Å². The van der Waals surface area contributed by atoms with Gasteiger partial charge < -0.3 is 14.5 Å². The summed E-state index contributed by atoms with van der Waals surface area (Å²) in [6.45, 7) is 6.49. The number of methoxy groups -OCH3 is 1. The van der Waals surface area contributed by atoms with E-state index in [4.69, 9.17) is 4.74 Å². The van der Waals surface area contributed by atoms with Gasteiger partial charge in [-0.05, 0) is 37.7 Å². The standard InChI is InChI=1S/C20H28N4O2S/c1-4-19-21-16(15-27-19)13-22(2)14-20(25)24-11-9-23(10-12-24)17-5-7-18(26-3)8-6-17/h5-8,15H,4,9-14H2,1-3H3. The smallest absolute Gasteiger partial charge is 0.236 e. The summed E-state index contributed by atoms with van der Waals surface area (Å²) in [4.78, 5) is 23.5. The molecular formula is C20H28N4O2S. The van der Waals surface area contributed by atoms with Gasteiger partial charge in [0.2, 0.25) is 5.91 Å². The summed E-state index contributed by atoms with van der Waals surface area (Å²) in [6.07, 6.45) is 0.964. The van der Waals surface area contributed by atoms with Crippen LogP contribution in [0.3, 0.4) is 0 Å². The molecule has 0 unspecified atom stereocenters. The summed E-state index contributed by atoms with van der Waals surface area (Å²) in [6, 6.07) is 8.10. The molecule has 27 heavy (non-hydrogen) atoms. The van der Waals surface area contributed by atoms with Gasteiger partial charge in [-0.3, -0.25) is 9.69 Å². The van der Waals surface area contributed by atoms with Crippen molar-refractivity contribution in [3.05, 3.63) is 40.3 Å². The zero-order valence-electron chi connectivity index (χ0n) is 16.4. The molecule has 146 valence electrons. The monoisotopic (exact) mass is 388 g/mol. The molecule has 1 aliphatic heterocycles. The highest BCUT2D eigenvalue weighted by molar-refractivity contribution is 7.09. The molecule has 0 bridgehead atoms. The molecule has 0 spiro atoms. The number of ether oxygens (including phenoxy) is 1. The van der Waals surface area contributed by atoms with E-state index in [1.165, 1.54) is 5.69 Å². The van der Waals surface area contributed by atoms with Crippen molar-refractivity contribution in [1.82, 2.24) is 14.8 Å². The quantitative estimate of drug-likeness (QED) is 0.729. The molecule has 0 aliphatic carbocycles. The van der Waals surface area contributed by atoms with Gasteiger partial charge in [0.15, 0.2) is 0 Å². The molecule has 1 aromatic heterocycles. The van der Waals surface area contributed by atoms with Gasteiger partial charge in [-0.1, -0.05) is 6.92 Å². The Balaban J connectivity index is 1.46. The molecule has 1 aromatic carbocycles. The van der Waals surface area contributed by atoms with Crippen molar-refractivity contribution in [2.24, 2.45) is 0 Å². The fourth-order valence-electron chi connectivity index (χ4n) is 3.25. The van der Waals surface area contributed by atoms with Gasteiger partial charge in [-0.25, -0.2) is 4.98 Å². The number of aromatic nitrogens is 1. The third-order valence-corrected chi connectivity index (χ3v) is 5.85. The predicted octanol–water partition coefficient (Wildman–Crippen LogP) is 2.49. The zero-order chi connectivity index (χ0) is 19.2. The number of anilines is 1. The van der Waals surface area contributed by atoms with E-state index in [1.54, 1.807) is 18.4 Å². The number of hydrogen-bond donors (Lipinski definition) is 0. The van der Waals surface area contributed by atoms with Crippen LogP contribution in [0.5, 0.6) is 5.75 Å². The molecule has 7 heteroatoms. The zero-order valence-corrected chi connectivity index (χ0v) is 17.2. The normalized spacial score (nSPS) is 14.7. The van der Waals surface area contributed by atoms with Crippen molar-refractivity contribution in [3.8, 4) is 5.75 Å². The highest BCUT2D eigenvalue weighted by atomic mass is 32.1. The Hall–Kier alpha value is -2.12. The predicted molar refractivity (Wildman–Crippen MR) is 110 cm³/mol. The molecule has 2 aromatic rings. The van der Waals surface area contributed by atoms with Crippen molar-refractivity contribution in [2.75, 3.05) is 51.8 Å². The van der Waals surface area contributed by atoms with Crippen molar-refractivity contribution in [3.63, 3.8) is 0 Å². The lowest BCUT2D eigenvalue weighted by molar-refractivity contribution is -0.132. The second-order valence-electron chi connectivity index (χ2n) is 6.82. The molecule has 0 saturated carbocycles. The number of amides is 1. The van der Waals surface area contributed by atoms with E-state index in [0.29, 0.717) is 13.1 Å². The van der Waals surface area contributed by atoms with Crippen molar-refractivity contribution in [2.45, 2.75) is 19.9 Å². The lowest BCUT2D eigenvalue weighted by Crippen LogP contribution is -2.51. The third-order valence-electron chi connectivity index (χ3n) is 4.81. The summed E-state index contributed by atoms with van der Waals surface area (Å²) in [5.74, 6) is 1.06. The van der Waals surface area contributed by atoms with E-state index in [-0.39, 0.29) is 5.91 Å². The molecule has 1 fully saturated rings. The largest absolute Gasteiger partial charge is 0.497 e. The molecule has 6 nitrogen and oxygen atoms in total. The topological polar surface area (TPSA) is 48.9 Å². The second-order valence-corrected chi connectivity index (χ2v) is 7.77. The summed E-state index contributed by atoms with van der Waals surface area (Å²) in [5, 5.41) is 3.24. The number of hydrogen-bond acceptors (Lipinski definition) is 6. The molecule has 1 amide bonds. The van der Waals surface area contributed by atoms with Crippen LogP contribution in [-0.2, 0) is 17.8 Å². The van der Waals surface area contributed by atoms with Crippen LogP contribution in [0.1, 0.15) is 17.6 Å². The average molecular weight is 389 g/mol. The first-order valence-electron chi connectivity index (χ1n) is 9.37. The van der Waals surface area contributed by atoms with E-state index in [2.05, 4.69) is 34.3 Å². The van der Waals surface area contributed by atoms with Gasteiger partial charge in [0.25, 0.3) is 0 Å². The fraction of sp³-hybridized carbons (Fsp3) is 0.500. The van der Waals surface area contributed by atoms with Crippen LogP contribution in [-0.4, -0.2) is 67.6 Å². The van der Waals surface area contributed by atoms with Crippen LogP contribution in [0.25, 0.3) is 0 Å². The number of nitrogens with zero attached hydrogens (tertiary/aromatic N) is 4. The number of rotatable bonds is 7. The van der Waals surface area contributed by atoms with E-state index in [9.17, 15) is 4.79 Å². The van der Waals surface area contributed by atoms with Gasteiger partial charge >= 0.3 is 0 Å². The Morgan fingerprint density at radius 2 is 1.93 bits per heavy atom. The minimum absolute atomic E-state index is 0.192. The number of thiazole rings is 1. The first-order valence-corrected chi connectivity index (χ1v) is 10.3. The number of carbonyl (C=O) groups excluding carboxylic acids is 1. The molecule has 0 atom stereocenters. The molecule has 0 radical (unpaired) electrons. The van der Waals surface area contributed by atoms with Gasteiger partial charge in [-0.15, -0.1) is 11.3 Å². The molecule has 0 N–H and O–H groups in total. The van der Waals surface area contributed by atoms with E-state index in [0.717, 1.165) is 49.1 Å². The summed E-state index contributed by atoms with van der Waals surface area (Å²) in [5.41, 5.74) is 2.23. The lowest BCUT2D eigenvalue weighted by atomic mass is 10.2. The summed E-state index contributed by atoms with van der Waals surface area (Å²) < 4.78 is 5.21. The Morgan fingerprint density at radius 1 is 1.22 bits per heavy atom. The van der Waals surface area contributed by atoms with Crippen LogP contribution >= 0.6 is 11.3 Å². The number of carbonyl (C=O) groups is 1. The number of aryl methyl sites for hydroxylation is 1. The molecule has 1 aliphatic rings. The van der Waals surface area contributed by atoms with Crippen LogP contribution in [0, 0.1) is 0 Å². The maximum Gasteiger partial charge on any atom is 0.236 e. The van der Waals surface area contributed by atoms with Crippen molar-refractivity contribution < 1.29 is 9.53 Å². The highest BCUT2D eigenvalue weighted by Crippen LogP contribution is 2.20. The lowest BCUT2D eigenvalue weighted by Gasteiger charge is -2.36. The van der Waals surface area contributed by atoms with Crippen molar-refractivity contribution >= 4 is 22.9 Å². The minimum Gasteiger partial charge on any atom is -0.497 e.